The number of nitrogens with zero attached hydrogens (tertiary/aromatic N) is 2. The molecule has 0 fully saturated rings. The summed E-state index contributed by atoms with van der Waals surface area (Å²) in [4.78, 5) is 37.9. The number of hydrogen-bond acceptors (Lipinski definition) is 5. The summed E-state index contributed by atoms with van der Waals surface area (Å²) in [5, 5.41) is 13.7. The van der Waals surface area contributed by atoms with E-state index in [9.17, 15) is 19.7 Å². The van der Waals surface area contributed by atoms with E-state index in [2.05, 4.69) is 19.2 Å². The van der Waals surface area contributed by atoms with E-state index >= 15 is 0 Å². The van der Waals surface area contributed by atoms with Gasteiger partial charge in [0.2, 0.25) is 5.91 Å². The molecule has 164 valence electrons. The van der Waals surface area contributed by atoms with Crippen LogP contribution in [0.15, 0.2) is 42.5 Å². The van der Waals surface area contributed by atoms with Gasteiger partial charge in [-0.25, -0.2) is 0 Å². The second kappa shape index (κ2) is 8.75. The highest BCUT2D eigenvalue weighted by Crippen LogP contribution is 2.38. The molecule has 0 aliphatic carbocycles. The van der Waals surface area contributed by atoms with E-state index in [0.29, 0.717) is 29.6 Å². The average molecular weight is 425 g/mol. The van der Waals surface area contributed by atoms with E-state index in [1.807, 2.05) is 13.8 Å². The maximum absolute atomic E-state index is 13.1. The summed E-state index contributed by atoms with van der Waals surface area (Å²) in [6.45, 7) is 8.73. The third-order valence-electron chi connectivity index (χ3n) is 5.17. The quantitative estimate of drug-likeness (QED) is 0.536. The minimum absolute atomic E-state index is 0.000260. The molecular formula is C23H27N3O5. The topological polar surface area (TPSA) is 102 Å². The van der Waals surface area contributed by atoms with Gasteiger partial charge in [0, 0.05) is 36.0 Å². The monoisotopic (exact) mass is 425 g/mol. The van der Waals surface area contributed by atoms with Crippen LogP contribution in [0.1, 0.15) is 44.5 Å². The number of carbonyl (C=O) groups is 2. The Kier molecular flexibility index (Phi) is 6.29. The summed E-state index contributed by atoms with van der Waals surface area (Å²) < 4.78 is 5.95. The minimum atomic E-state index is -0.678. The summed E-state index contributed by atoms with van der Waals surface area (Å²) in [6.07, 6.45) is 0.854. The number of hydrogen-bond donors (Lipinski definition) is 1. The summed E-state index contributed by atoms with van der Waals surface area (Å²) in [6, 6.07) is 10.7. The molecule has 2 amide bonds. The molecule has 8 heteroatoms. The molecule has 1 heterocycles. The molecule has 1 aliphatic rings. The Morgan fingerprint density at radius 3 is 2.68 bits per heavy atom. The molecule has 2 aromatic rings. The van der Waals surface area contributed by atoms with E-state index in [1.54, 1.807) is 23.1 Å². The van der Waals surface area contributed by atoms with Crippen molar-refractivity contribution in [2.24, 2.45) is 11.3 Å². The third-order valence-corrected chi connectivity index (χ3v) is 5.17. The van der Waals surface area contributed by atoms with Crippen LogP contribution < -0.4 is 15.0 Å². The van der Waals surface area contributed by atoms with Crippen molar-refractivity contribution in [3.8, 4) is 5.75 Å². The Labute approximate surface area is 181 Å². The van der Waals surface area contributed by atoms with Crippen LogP contribution in [0.3, 0.4) is 0 Å². The number of non-ortho nitro benzene ring substituents is 1. The number of anilines is 2. The van der Waals surface area contributed by atoms with Gasteiger partial charge in [-0.15, -0.1) is 0 Å². The van der Waals surface area contributed by atoms with Crippen molar-refractivity contribution in [1.29, 1.82) is 0 Å². The molecule has 0 saturated heterocycles. The molecule has 0 unspecified atom stereocenters. The van der Waals surface area contributed by atoms with Crippen LogP contribution in [0.2, 0.25) is 0 Å². The van der Waals surface area contributed by atoms with Crippen molar-refractivity contribution in [1.82, 2.24) is 0 Å². The fourth-order valence-corrected chi connectivity index (χ4v) is 3.30. The van der Waals surface area contributed by atoms with Crippen molar-refractivity contribution in [3.05, 3.63) is 58.1 Å². The van der Waals surface area contributed by atoms with E-state index in [1.165, 1.54) is 24.3 Å². The lowest BCUT2D eigenvalue weighted by molar-refractivity contribution is -0.384. The second-order valence-electron chi connectivity index (χ2n) is 8.76. The Morgan fingerprint density at radius 2 is 2.00 bits per heavy atom. The first-order valence-corrected chi connectivity index (χ1v) is 10.2. The zero-order valence-electron chi connectivity index (χ0n) is 18.2. The first-order chi connectivity index (χ1) is 14.6. The molecule has 0 bridgehead atoms. The van der Waals surface area contributed by atoms with Crippen molar-refractivity contribution in [2.45, 2.75) is 34.1 Å². The number of nitro benzene ring substituents is 1. The lowest BCUT2D eigenvalue weighted by Crippen LogP contribution is -2.42. The normalized spacial score (nSPS) is 15.1. The van der Waals surface area contributed by atoms with Gasteiger partial charge >= 0.3 is 0 Å². The molecule has 0 spiro atoms. The van der Waals surface area contributed by atoms with Crippen LogP contribution >= 0.6 is 0 Å². The van der Waals surface area contributed by atoms with Gasteiger partial charge in [0.1, 0.15) is 12.4 Å². The number of rotatable bonds is 6. The van der Waals surface area contributed by atoms with Crippen molar-refractivity contribution in [2.75, 3.05) is 23.4 Å². The fraction of sp³-hybridized carbons (Fsp3) is 0.391. The highest BCUT2D eigenvalue weighted by atomic mass is 16.6. The SMILES string of the molecule is CC(C)CCN1C(=O)C(C)(C)COc2cc(NC(=O)c3cccc([N+](=O)[O-])c3)ccc21. The minimum Gasteiger partial charge on any atom is -0.490 e. The van der Waals surface area contributed by atoms with Crippen LogP contribution in [-0.4, -0.2) is 29.9 Å². The Morgan fingerprint density at radius 1 is 1.26 bits per heavy atom. The van der Waals surface area contributed by atoms with Gasteiger partial charge in [-0.05, 0) is 44.4 Å². The molecule has 8 nitrogen and oxygen atoms in total. The number of nitro groups is 1. The molecule has 3 rings (SSSR count). The molecule has 0 radical (unpaired) electrons. The molecule has 31 heavy (non-hydrogen) atoms. The Bertz CT molecular complexity index is 1020. The van der Waals surface area contributed by atoms with E-state index in [4.69, 9.17) is 4.74 Å². The molecule has 0 atom stereocenters. The van der Waals surface area contributed by atoms with Crippen molar-refractivity contribution < 1.29 is 19.2 Å². The van der Waals surface area contributed by atoms with E-state index in [-0.39, 0.29) is 23.8 Å². The van der Waals surface area contributed by atoms with Crippen molar-refractivity contribution in [3.63, 3.8) is 0 Å². The van der Waals surface area contributed by atoms with Gasteiger partial charge in [0.05, 0.1) is 16.0 Å². The zero-order chi connectivity index (χ0) is 22.8. The summed E-state index contributed by atoms with van der Waals surface area (Å²) in [7, 11) is 0. The first kappa shape index (κ1) is 22.3. The largest absolute Gasteiger partial charge is 0.490 e. The molecule has 0 saturated carbocycles. The number of fused-ring (bicyclic) bond motifs is 1. The number of amides is 2. The van der Waals surface area contributed by atoms with Crippen molar-refractivity contribution >= 4 is 28.9 Å². The smallest absolute Gasteiger partial charge is 0.270 e. The van der Waals surface area contributed by atoms with Gasteiger partial charge < -0.3 is 15.0 Å². The summed E-state index contributed by atoms with van der Waals surface area (Å²) in [5.41, 5.74) is 0.498. The first-order valence-electron chi connectivity index (χ1n) is 10.2. The van der Waals surface area contributed by atoms with E-state index < -0.39 is 16.2 Å². The van der Waals surface area contributed by atoms with Gasteiger partial charge in [-0.3, -0.25) is 19.7 Å². The predicted octanol–water partition coefficient (Wildman–Crippen LogP) is 4.64. The maximum Gasteiger partial charge on any atom is 0.270 e. The zero-order valence-corrected chi connectivity index (χ0v) is 18.2. The number of nitrogens with one attached hydrogen (secondary N) is 1. The highest BCUT2D eigenvalue weighted by Gasteiger charge is 2.37. The fourth-order valence-electron chi connectivity index (χ4n) is 3.30. The van der Waals surface area contributed by atoms with E-state index in [0.717, 1.165) is 6.42 Å². The second-order valence-corrected chi connectivity index (χ2v) is 8.76. The Balaban J connectivity index is 1.87. The van der Waals surface area contributed by atoms with Crippen LogP contribution in [0.5, 0.6) is 5.75 Å². The van der Waals surface area contributed by atoms with Gasteiger partial charge in [0.25, 0.3) is 11.6 Å². The van der Waals surface area contributed by atoms with Crippen LogP contribution in [0.4, 0.5) is 17.1 Å². The van der Waals surface area contributed by atoms with Gasteiger partial charge in [-0.2, -0.15) is 0 Å². The molecule has 2 aromatic carbocycles. The van der Waals surface area contributed by atoms with Gasteiger partial charge in [-0.1, -0.05) is 19.9 Å². The number of carbonyl (C=O) groups excluding carboxylic acids is 2. The third kappa shape index (κ3) is 5.02. The summed E-state index contributed by atoms with van der Waals surface area (Å²) in [5.74, 6) is 0.488. The van der Waals surface area contributed by atoms with Gasteiger partial charge in [0.15, 0.2) is 0 Å². The predicted molar refractivity (Wildman–Crippen MR) is 119 cm³/mol. The molecule has 1 N–H and O–H groups in total. The average Bonchev–Trinajstić information content (AvgIpc) is 2.81. The summed E-state index contributed by atoms with van der Waals surface area (Å²) >= 11 is 0. The van der Waals surface area contributed by atoms with Crippen LogP contribution in [-0.2, 0) is 4.79 Å². The highest BCUT2D eigenvalue weighted by molar-refractivity contribution is 6.05. The molecular weight excluding hydrogens is 398 g/mol. The van der Waals surface area contributed by atoms with Crippen LogP contribution in [0, 0.1) is 21.4 Å². The molecule has 1 aliphatic heterocycles. The lowest BCUT2D eigenvalue weighted by Gasteiger charge is -2.28. The number of ether oxygens (including phenoxy) is 1. The standard InChI is InChI=1S/C23H27N3O5/c1-15(2)10-11-25-19-9-8-17(13-20(19)31-14-23(3,4)22(25)28)24-21(27)16-6-5-7-18(12-16)26(29)30/h5-9,12-13,15H,10-11,14H2,1-4H3,(H,24,27). The Hall–Kier alpha value is -3.42. The van der Waals surface area contributed by atoms with Crippen LogP contribution in [0.25, 0.3) is 0 Å². The lowest BCUT2D eigenvalue weighted by atomic mass is 9.92. The maximum atomic E-state index is 13.1. The molecule has 0 aromatic heterocycles. The number of benzene rings is 2.